The van der Waals surface area contributed by atoms with Crippen LogP contribution in [0.15, 0.2) is 24.3 Å². The Morgan fingerprint density at radius 3 is 2.19 bits per heavy atom. The summed E-state index contributed by atoms with van der Waals surface area (Å²) in [6, 6.07) is 7.50. The SMILES string of the molecule is CC(C)(C)c1ccc(C(=O)NCCC(=O)N2CCC(C(=O)O)CC2)cc1. The first-order valence-corrected chi connectivity index (χ1v) is 9.08. The first-order valence-electron chi connectivity index (χ1n) is 9.08. The third kappa shape index (κ3) is 5.31. The van der Waals surface area contributed by atoms with Crippen LogP contribution in [0, 0.1) is 5.92 Å². The lowest BCUT2D eigenvalue weighted by Crippen LogP contribution is -2.41. The van der Waals surface area contributed by atoms with Crippen molar-refractivity contribution in [2.24, 2.45) is 5.92 Å². The number of carboxylic acid groups (broad SMARTS) is 1. The van der Waals surface area contributed by atoms with Gasteiger partial charge in [0.25, 0.3) is 5.91 Å². The number of aliphatic carboxylic acids is 1. The number of carbonyl (C=O) groups excluding carboxylic acids is 2. The van der Waals surface area contributed by atoms with Gasteiger partial charge >= 0.3 is 5.97 Å². The number of piperidine rings is 1. The average molecular weight is 360 g/mol. The summed E-state index contributed by atoms with van der Waals surface area (Å²) >= 11 is 0. The summed E-state index contributed by atoms with van der Waals surface area (Å²) in [4.78, 5) is 37.0. The number of amides is 2. The summed E-state index contributed by atoms with van der Waals surface area (Å²) in [6.07, 6.45) is 1.21. The van der Waals surface area contributed by atoms with Crippen LogP contribution in [0.1, 0.15) is 56.0 Å². The highest BCUT2D eigenvalue weighted by molar-refractivity contribution is 5.94. The molecule has 1 fully saturated rings. The number of nitrogens with zero attached hydrogens (tertiary/aromatic N) is 1. The maximum Gasteiger partial charge on any atom is 0.306 e. The molecule has 0 spiro atoms. The first kappa shape index (κ1) is 19.9. The van der Waals surface area contributed by atoms with Gasteiger partial charge in [0.15, 0.2) is 0 Å². The van der Waals surface area contributed by atoms with Crippen molar-refractivity contribution in [3.63, 3.8) is 0 Å². The van der Waals surface area contributed by atoms with Crippen LogP contribution in [-0.2, 0) is 15.0 Å². The number of hydrogen-bond donors (Lipinski definition) is 2. The second-order valence-corrected chi connectivity index (χ2v) is 7.83. The fourth-order valence-corrected chi connectivity index (χ4v) is 3.04. The van der Waals surface area contributed by atoms with Crippen molar-refractivity contribution in [1.82, 2.24) is 10.2 Å². The van der Waals surface area contributed by atoms with E-state index >= 15 is 0 Å². The lowest BCUT2D eigenvalue weighted by atomic mass is 9.87. The summed E-state index contributed by atoms with van der Waals surface area (Å²) < 4.78 is 0. The van der Waals surface area contributed by atoms with Gasteiger partial charge in [0.2, 0.25) is 5.91 Å². The smallest absolute Gasteiger partial charge is 0.306 e. The number of carbonyl (C=O) groups is 3. The van der Waals surface area contributed by atoms with Gasteiger partial charge in [-0.1, -0.05) is 32.9 Å². The molecule has 0 radical (unpaired) electrons. The van der Waals surface area contributed by atoms with Crippen LogP contribution in [-0.4, -0.2) is 47.4 Å². The van der Waals surface area contributed by atoms with Crippen molar-refractivity contribution in [3.05, 3.63) is 35.4 Å². The molecule has 0 aromatic heterocycles. The Balaban J connectivity index is 1.76. The van der Waals surface area contributed by atoms with Gasteiger partial charge in [-0.05, 0) is 36.0 Å². The third-order valence-corrected chi connectivity index (χ3v) is 4.83. The van der Waals surface area contributed by atoms with Crippen molar-refractivity contribution >= 4 is 17.8 Å². The Labute approximate surface area is 154 Å². The molecule has 142 valence electrons. The zero-order valence-corrected chi connectivity index (χ0v) is 15.7. The summed E-state index contributed by atoms with van der Waals surface area (Å²) in [7, 11) is 0. The molecule has 2 N–H and O–H groups in total. The molecule has 1 aromatic carbocycles. The molecule has 1 aromatic rings. The maximum absolute atomic E-state index is 12.2. The summed E-state index contributed by atoms with van der Waals surface area (Å²) in [5.41, 5.74) is 1.77. The van der Waals surface area contributed by atoms with Gasteiger partial charge in [-0.15, -0.1) is 0 Å². The third-order valence-electron chi connectivity index (χ3n) is 4.83. The fraction of sp³-hybridized carbons (Fsp3) is 0.550. The molecule has 26 heavy (non-hydrogen) atoms. The van der Waals surface area contributed by atoms with Gasteiger partial charge < -0.3 is 15.3 Å². The molecule has 6 heteroatoms. The van der Waals surface area contributed by atoms with Gasteiger partial charge in [0.1, 0.15) is 0 Å². The Hall–Kier alpha value is -2.37. The predicted octanol–water partition coefficient (Wildman–Crippen LogP) is 2.43. The monoisotopic (exact) mass is 360 g/mol. The molecule has 0 saturated carbocycles. The van der Waals surface area contributed by atoms with Crippen LogP contribution in [0.4, 0.5) is 0 Å². The fourth-order valence-electron chi connectivity index (χ4n) is 3.04. The molecule has 1 aliphatic rings. The van der Waals surface area contributed by atoms with E-state index in [1.807, 2.05) is 12.1 Å². The molecule has 2 amide bonds. The van der Waals surface area contributed by atoms with E-state index in [9.17, 15) is 14.4 Å². The van der Waals surface area contributed by atoms with Crippen LogP contribution in [0.2, 0.25) is 0 Å². The van der Waals surface area contributed by atoms with Crippen LogP contribution in [0.3, 0.4) is 0 Å². The van der Waals surface area contributed by atoms with Crippen molar-refractivity contribution in [2.75, 3.05) is 19.6 Å². The largest absolute Gasteiger partial charge is 0.481 e. The van der Waals surface area contributed by atoms with Crippen LogP contribution in [0.25, 0.3) is 0 Å². The highest BCUT2D eigenvalue weighted by Crippen LogP contribution is 2.22. The Bertz CT molecular complexity index is 653. The molecule has 0 bridgehead atoms. The Morgan fingerprint density at radius 2 is 1.69 bits per heavy atom. The van der Waals surface area contributed by atoms with E-state index in [-0.39, 0.29) is 36.1 Å². The molecule has 1 aliphatic heterocycles. The lowest BCUT2D eigenvalue weighted by molar-refractivity contribution is -0.145. The number of hydrogen-bond acceptors (Lipinski definition) is 3. The number of likely N-dealkylation sites (tertiary alicyclic amines) is 1. The Kier molecular flexibility index (Phi) is 6.40. The zero-order valence-electron chi connectivity index (χ0n) is 15.7. The van der Waals surface area contributed by atoms with Crippen molar-refractivity contribution in [1.29, 1.82) is 0 Å². The molecule has 1 saturated heterocycles. The molecule has 1 heterocycles. The van der Waals surface area contributed by atoms with Crippen molar-refractivity contribution in [2.45, 2.75) is 45.4 Å². The Morgan fingerprint density at radius 1 is 1.12 bits per heavy atom. The van der Waals surface area contributed by atoms with Crippen LogP contribution >= 0.6 is 0 Å². The van der Waals surface area contributed by atoms with Gasteiger partial charge in [0, 0.05) is 31.6 Å². The quantitative estimate of drug-likeness (QED) is 0.844. The lowest BCUT2D eigenvalue weighted by Gasteiger charge is -2.30. The van der Waals surface area contributed by atoms with E-state index in [1.165, 1.54) is 0 Å². The molecule has 0 aliphatic carbocycles. The molecular weight excluding hydrogens is 332 g/mol. The number of carboxylic acids is 1. The number of rotatable bonds is 5. The molecule has 0 atom stereocenters. The molecule has 0 unspecified atom stereocenters. The summed E-state index contributed by atoms with van der Waals surface area (Å²) in [5.74, 6) is -1.38. The van der Waals surface area contributed by atoms with Crippen LogP contribution in [0.5, 0.6) is 0 Å². The normalized spacial score (nSPS) is 15.6. The summed E-state index contributed by atoms with van der Waals surface area (Å²) in [6.45, 7) is 7.57. The van der Waals surface area contributed by atoms with Gasteiger partial charge in [-0.2, -0.15) is 0 Å². The van der Waals surface area contributed by atoms with Gasteiger partial charge in [-0.3, -0.25) is 14.4 Å². The van der Waals surface area contributed by atoms with Gasteiger partial charge in [0.05, 0.1) is 5.92 Å². The second-order valence-electron chi connectivity index (χ2n) is 7.83. The van der Waals surface area contributed by atoms with E-state index in [1.54, 1.807) is 17.0 Å². The van der Waals surface area contributed by atoms with Crippen molar-refractivity contribution < 1.29 is 19.5 Å². The topological polar surface area (TPSA) is 86.7 Å². The van der Waals surface area contributed by atoms with Crippen molar-refractivity contribution in [3.8, 4) is 0 Å². The number of nitrogens with one attached hydrogen (secondary N) is 1. The van der Waals surface area contributed by atoms with E-state index in [0.717, 1.165) is 5.56 Å². The standard InChI is InChI=1S/C20H28N2O4/c1-20(2,3)16-6-4-14(5-7-16)18(24)21-11-8-17(23)22-12-9-15(10-13-22)19(25)26/h4-7,15H,8-13H2,1-3H3,(H,21,24)(H,25,26). The minimum Gasteiger partial charge on any atom is -0.481 e. The number of benzene rings is 1. The van der Waals surface area contributed by atoms with E-state index in [0.29, 0.717) is 31.5 Å². The highest BCUT2D eigenvalue weighted by atomic mass is 16.4. The second kappa shape index (κ2) is 8.34. The minimum absolute atomic E-state index is 0.0372. The zero-order chi connectivity index (χ0) is 19.3. The maximum atomic E-state index is 12.2. The predicted molar refractivity (Wildman–Crippen MR) is 99.0 cm³/mol. The average Bonchev–Trinajstić information content (AvgIpc) is 2.61. The highest BCUT2D eigenvalue weighted by Gasteiger charge is 2.26. The van der Waals surface area contributed by atoms with E-state index in [4.69, 9.17) is 5.11 Å². The van der Waals surface area contributed by atoms with Gasteiger partial charge in [-0.25, -0.2) is 0 Å². The molecule has 2 rings (SSSR count). The van der Waals surface area contributed by atoms with E-state index < -0.39 is 5.97 Å². The molecule has 6 nitrogen and oxygen atoms in total. The van der Waals surface area contributed by atoms with Crippen LogP contribution < -0.4 is 5.32 Å². The van der Waals surface area contributed by atoms with E-state index in [2.05, 4.69) is 26.1 Å². The first-order chi connectivity index (χ1) is 12.2. The minimum atomic E-state index is -0.790. The molecular formula is C20H28N2O4. The summed E-state index contributed by atoms with van der Waals surface area (Å²) in [5, 5.41) is 11.8.